The number of carbonyl (C=O) groups excluding carboxylic acids is 1. The Hall–Kier alpha value is -3.67. The summed E-state index contributed by atoms with van der Waals surface area (Å²) in [4.78, 5) is 19.1. The van der Waals surface area contributed by atoms with Gasteiger partial charge in [0, 0.05) is 24.3 Å². The zero-order valence-corrected chi connectivity index (χ0v) is 17.1. The summed E-state index contributed by atoms with van der Waals surface area (Å²) in [5.41, 5.74) is 4.52. The predicted octanol–water partition coefficient (Wildman–Crippen LogP) is 5.53. The van der Waals surface area contributed by atoms with Crippen molar-refractivity contribution in [3.63, 3.8) is 0 Å². The minimum absolute atomic E-state index is 0.218. The average Bonchev–Trinajstić information content (AvgIpc) is 2.98. The van der Waals surface area contributed by atoms with Crippen molar-refractivity contribution < 1.29 is 13.9 Å². The molecule has 0 radical (unpaired) electrons. The number of nitrogens with zero attached hydrogens (tertiary/aromatic N) is 3. The molecule has 5 nitrogen and oxygen atoms in total. The SMILES string of the molecule is Cc1c(C)n(C)c2c(N(Cc3ccc(F)cc3)C(=O)Oc3ccccc3)cncc12. The molecule has 0 atom stereocenters. The van der Waals surface area contributed by atoms with Crippen molar-refractivity contribution in [1.82, 2.24) is 9.55 Å². The molecule has 0 N–H and O–H groups in total. The molecule has 30 heavy (non-hydrogen) atoms. The van der Waals surface area contributed by atoms with E-state index in [1.165, 1.54) is 17.0 Å². The number of aryl methyl sites for hydroxylation is 2. The van der Waals surface area contributed by atoms with Crippen LogP contribution in [0.1, 0.15) is 16.8 Å². The Bertz CT molecular complexity index is 1200. The fourth-order valence-electron chi connectivity index (χ4n) is 3.55. The van der Waals surface area contributed by atoms with E-state index in [1.54, 1.807) is 48.8 Å². The van der Waals surface area contributed by atoms with E-state index in [9.17, 15) is 9.18 Å². The van der Waals surface area contributed by atoms with Gasteiger partial charge in [0.05, 0.1) is 23.9 Å². The first-order valence-electron chi connectivity index (χ1n) is 9.64. The van der Waals surface area contributed by atoms with E-state index in [2.05, 4.69) is 9.55 Å². The number of para-hydroxylation sites is 1. The maximum atomic E-state index is 13.4. The highest BCUT2D eigenvalue weighted by Gasteiger charge is 2.24. The lowest BCUT2D eigenvalue weighted by Crippen LogP contribution is -2.33. The highest BCUT2D eigenvalue weighted by atomic mass is 19.1. The van der Waals surface area contributed by atoms with Crippen LogP contribution >= 0.6 is 0 Å². The number of anilines is 1. The first-order chi connectivity index (χ1) is 14.5. The third-order valence-corrected chi connectivity index (χ3v) is 5.40. The van der Waals surface area contributed by atoms with Crippen LogP contribution in [0.2, 0.25) is 0 Å². The molecule has 0 aliphatic heterocycles. The maximum absolute atomic E-state index is 13.4. The summed E-state index contributed by atoms with van der Waals surface area (Å²) >= 11 is 0. The van der Waals surface area contributed by atoms with Crippen LogP contribution in [-0.4, -0.2) is 15.6 Å². The van der Waals surface area contributed by atoms with Crippen molar-refractivity contribution in [1.29, 1.82) is 0 Å². The van der Waals surface area contributed by atoms with Crippen LogP contribution in [0.25, 0.3) is 10.9 Å². The van der Waals surface area contributed by atoms with Gasteiger partial charge in [0.2, 0.25) is 0 Å². The lowest BCUT2D eigenvalue weighted by Gasteiger charge is -2.23. The van der Waals surface area contributed by atoms with Crippen LogP contribution in [0.5, 0.6) is 5.75 Å². The molecule has 1 amide bonds. The lowest BCUT2D eigenvalue weighted by atomic mass is 10.1. The third-order valence-electron chi connectivity index (χ3n) is 5.40. The molecular formula is C24H22FN3O2. The van der Waals surface area contributed by atoms with Crippen LogP contribution < -0.4 is 9.64 Å². The number of amides is 1. The van der Waals surface area contributed by atoms with Gasteiger partial charge in [-0.15, -0.1) is 0 Å². The first kappa shape index (κ1) is 19.6. The monoisotopic (exact) mass is 403 g/mol. The van der Waals surface area contributed by atoms with E-state index >= 15 is 0 Å². The number of rotatable bonds is 4. The van der Waals surface area contributed by atoms with Crippen LogP contribution in [-0.2, 0) is 13.6 Å². The number of pyridine rings is 1. The van der Waals surface area contributed by atoms with Crippen molar-refractivity contribution in [3.8, 4) is 5.75 Å². The Kier molecular flexibility index (Phi) is 5.23. The van der Waals surface area contributed by atoms with E-state index in [0.717, 1.165) is 27.7 Å². The smallest absolute Gasteiger partial charge is 0.410 e. The van der Waals surface area contributed by atoms with E-state index in [-0.39, 0.29) is 12.4 Å². The molecule has 0 saturated heterocycles. The zero-order valence-electron chi connectivity index (χ0n) is 17.1. The van der Waals surface area contributed by atoms with Crippen molar-refractivity contribution >= 4 is 22.7 Å². The molecule has 0 unspecified atom stereocenters. The maximum Gasteiger partial charge on any atom is 0.420 e. The summed E-state index contributed by atoms with van der Waals surface area (Å²) in [6.45, 7) is 4.29. The summed E-state index contributed by atoms with van der Waals surface area (Å²) in [6, 6.07) is 15.0. The molecule has 0 bridgehead atoms. The molecule has 4 rings (SSSR count). The van der Waals surface area contributed by atoms with Gasteiger partial charge in [-0.1, -0.05) is 30.3 Å². The summed E-state index contributed by atoms with van der Waals surface area (Å²) in [6.07, 6.45) is 2.94. The standard InChI is InChI=1S/C24H22FN3O2/c1-16-17(2)27(3)23-21(16)13-26-14-22(23)28(15-18-9-11-19(25)12-10-18)24(29)30-20-7-5-4-6-8-20/h4-14H,15H2,1-3H3. The number of ether oxygens (including phenoxy) is 1. The van der Waals surface area contributed by atoms with Gasteiger partial charge in [-0.2, -0.15) is 0 Å². The highest BCUT2D eigenvalue weighted by molar-refractivity contribution is 6.01. The van der Waals surface area contributed by atoms with Gasteiger partial charge >= 0.3 is 6.09 Å². The Morgan fingerprint density at radius 2 is 1.77 bits per heavy atom. The van der Waals surface area contributed by atoms with Crippen LogP contribution in [0.4, 0.5) is 14.9 Å². The fraction of sp³-hybridized carbons (Fsp3) is 0.167. The molecule has 2 heterocycles. The summed E-state index contributed by atoms with van der Waals surface area (Å²) < 4.78 is 21.1. The number of carbonyl (C=O) groups is 1. The van der Waals surface area contributed by atoms with E-state index < -0.39 is 6.09 Å². The fourth-order valence-corrected chi connectivity index (χ4v) is 3.55. The minimum Gasteiger partial charge on any atom is -0.410 e. The van der Waals surface area contributed by atoms with Gasteiger partial charge in [0.15, 0.2) is 0 Å². The second-order valence-corrected chi connectivity index (χ2v) is 7.22. The number of aromatic nitrogens is 2. The molecular weight excluding hydrogens is 381 g/mol. The number of fused-ring (bicyclic) bond motifs is 1. The number of hydrogen-bond donors (Lipinski definition) is 0. The summed E-state index contributed by atoms with van der Waals surface area (Å²) in [5, 5.41) is 0.976. The Balaban J connectivity index is 1.81. The van der Waals surface area contributed by atoms with Gasteiger partial charge in [-0.25, -0.2) is 9.18 Å². The van der Waals surface area contributed by atoms with Gasteiger partial charge in [-0.3, -0.25) is 9.88 Å². The number of halogens is 1. The number of benzene rings is 2. The normalized spacial score (nSPS) is 10.9. The molecule has 152 valence electrons. The molecule has 2 aromatic carbocycles. The van der Waals surface area contributed by atoms with E-state index in [4.69, 9.17) is 4.74 Å². The molecule has 0 saturated carbocycles. The van der Waals surface area contributed by atoms with Gasteiger partial charge < -0.3 is 9.30 Å². The van der Waals surface area contributed by atoms with Crippen molar-refractivity contribution in [2.45, 2.75) is 20.4 Å². The first-order valence-corrected chi connectivity index (χ1v) is 9.64. The van der Waals surface area contributed by atoms with E-state index in [1.807, 2.05) is 27.0 Å². The Morgan fingerprint density at radius 3 is 2.47 bits per heavy atom. The van der Waals surface area contributed by atoms with Crippen molar-refractivity contribution in [2.75, 3.05) is 4.90 Å². The van der Waals surface area contributed by atoms with Gasteiger partial charge in [0.1, 0.15) is 11.6 Å². The largest absolute Gasteiger partial charge is 0.420 e. The predicted molar refractivity (Wildman–Crippen MR) is 115 cm³/mol. The second kappa shape index (κ2) is 7.99. The van der Waals surface area contributed by atoms with Crippen molar-refractivity contribution in [3.05, 3.63) is 89.6 Å². The Labute approximate surface area is 174 Å². The van der Waals surface area contributed by atoms with E-state index in [0.29, 0.717) is 11.4 Å². The van der Waals surface area contributed by atoms with Crippen LogP contribution in [0, 0.1) is 19.7 Å². The second-order valence-electron chi connectivity index (χ2n) is 7.22. The summed E-state index contributed by atoms with van der Waals surface area (Å²) in [7, 11) is 1.97. The molecule has 4 aromatic rings. The molecule has 0 aliphatic rings. The molecule has 6 heteroatoms. The Morgan fingerprint density at radius 1 is 1.07 bits per heavy atom. The molecule has 2 aromatic heterocycles. The van der Waals surface area contributed by atoms with Crippen LogP contribution in [0.15, 0.2) is 67.0 Å². The lowest BCUT2D eigenvalue weighted by molar-refractivity contribution is 0.207. The number of hydrogen-bond acceptors (Lipinski definition) is 3. The molecule has 0 spiro atoms. The van der Waals surface area contributed by atoms with Crippen LogP contribution in [0.3, 0.4) is 0 Å². The topological polar surface area (TPSA) is 47.4 Å². The van der Waals surface area contributed by atoms with Crippen molar-refractivity contribution in [2.24, 2.45) is 7.05 Å². The summed E-state index contributed by atoms with van der Waals surface area (Å²) in [5.74, 6) is 0.126. The average molecular weight is 403 g/mol. The quantitative estimate of drug-likeness (QED) is 0.450. The molecule has 0 aliphatic carbocycles. The minimum atomic E-state index is -0.531. The highest BCUT2D eigenvalue weighted by Crippen LogP contribution is 2.32. The molecule has 0 fully saturated rings. The van der Waals surface area contributed by atoms with Gasteiger partial charge in [0.25, 0.3) is 0 Å². The van der Waals surface area contributed by atoms with Gasteiger partial charge in [-0.05, 0) is 49.2 Å². The third kappa shape index (κ3) is 3.64. The zero-order chi connectivity index (χ0) is 21.3.